The number of aromatic nitrogens is 3. The van der Waals surface area contributed by atoms with E-state index in [9.17, 15) is 4.79 Å². The molecule has 1 atom stereocenters. The van der Waals surface area contributed by atoms with Crippen LogP contribution in [0.4, 0.5) is 5.82 Å². The van der Waals surface area contributed by atoms with E-state index in [0.29, 0.717) is 5.39 Å². The summed E-state index contributed by atoms with van der Waals surface area (Å²) in [5.41, 5.74) is 4.34. The third kappa shape index (κ3) is 3.07. The van der Waals surface area contributed by atoms with E-state index in [1.54, 1.807) is 22.1 Å². The van der Waals surface area contributed by atoms with Crippen LogP contribution in [0.5, 0.6) is 0 Å². The van der Waals surface area contributed by atoms with Gasteiger partial charge >= 0.3 is 0 Å². The van der Waals surface area contributed by atoms with Gasteiger partial charge in [0.05, 0.1) is 16.3 Å². The summed E-state index contributed by atoms with van der Waals surface area (Å²) in [4.78, 5) is 22.3. The van der Waals surface area contributed by atoms with Gasteiger partial charge in [0.1, 0.15) is 5.52 Å². The van der Waals surface area contributed by atoms with Crippen LogP contribution in [0.2, 0.25) is 0 Å². The van der Waals surface area contributed by atoms with Crippen LogP contribution < -0.4 is 10.9 Å². The minimum atomic E-state index is -0.160. The zero-order valence-corrected chi connectivity index (χ0v) is 16.6. The Balaban J connectivity index is 1.69. The molecular formula is C23H18N4OS. The van der Waals surface area contributed by atoms with Gasteiger partial charge in [-0.15, -0.1) is 11.3 Å². The van der Waals surface area contributed by atoms with Crippen molar-refractivity contribution in [2.24, 2.45) is 0 Å². The number of pyridine rings is 2. The third-order valence-electron chi connectivity index (χ3n) is 5.02. The van der Waals surface area contributed by atoms with Gasteiger partial charge in [-0.3, -0.25) is 9.36 Å². The second-order valence-electron chi connectivity index (χ2n) is 6.86. The van der Waals surface area contributed by atoms with Gasteiger partial charge in [-0.2, -0.15) is 0 Å². The molecule has 1 N–H and O–H groups in total. The number of nitrogens with zero attached hydrogens (tertiary/aromatic N) is 3. The average molecular weight is 398 g/mol. The number of thiazole rings is 1. The molecule has 6 heteroatoms. The smallest absolute Gasteiger partial charge is 0.263 e. The van der Waals surface area contributed by atoms with E-state index in [-0.39, 0.29) is 11.6 Å². The highest BCUT2D eigenvalue weighted by atomic mass is 32.1. The lowest BCUT2D eigenvalue weighted by Crippen LogP contribution is -2.25. The Morgan fingerprint density at radius 1 is 1.00 bits per heavy atom. The normalized spacial score (nSPS) is 12.3. The van der Waals surface area contributed by atoms with Gasteiger partial charge < -0.3 is 5.32 Å². The summed E-state index contributed by atoms with van der Waals surface area (Å²) < 4.78 is 2.86. The van der Waals surface area contributed by atoms with E-state index in [1.807, 2.05) is 73.1 Å². The van der Waals surface area contributed by atoms with Crippen LogP contribution in [-0.4, -0.2) is 14.5 Å². The van der Waals surface area contributed by atoms with Crippen molar-refractivity contribution in [2.75, 3.05) is 5.32 Å². The van der Waals surface area contributed by atoms with Gasteiger partial charge in [0.15, 0.2) is 5.82 Å². The Kier molecular flexibility index (Phi) is 4.33. The molecular weight excluding hydrogens is 380 g/mol. The first kappa shape index (κ1) is 17.6. The SMILES string of the molecule is C[C@H](Nc1nccc2scnc12)c1cc2ccccc2c(=O)n1-c1ccccc1. The topological polar surface area (TPSA) is 59.8 Å². The third-order valence-corrected chi connectivity index (χ3v) is 5.81. The van der Waals surface area contributed by atoms with Gasteiger partial charge in [-0.1, -0.05) is 36.4 Å². The van der Waals surface area contributed by atoms with Gasteiger partial charge in [-0.05, 0) is 42.6 Å². The van der Waals surface area contributed by atoms with Gasteiger partial charge in [0.2, 0.25) is 0 Å². The summed E-state index contributed by atoms with van der Waals surface area (Å²) >= 11 is 1.58. The predicted octanol–water partition coefficient (Wildman–Crippen LogP) is 5.17. The number of para-hydroxylation sites is 1. The molecule has 5 aromatic rings. The number of hydrogen-bond acceptors (Lipinski definition) is 5. The van der Waals surface area contributed by atoms with Crippen LogP contribution in [0, 0.1) is 0 Å². The van der Waals surface area contributed by atoms with E-state index in [4.69, 9.17) is 0 Å². The highest BCUT2D eigenvalue weighted by molar-refractivity contribution is 7.16. The number of nitrogens with one attached hydrogen (secondary N) is 1. The Hall–Kier alpha value is -3.51. The Morgan fingerprint density at radius 2 is 1.79 bits per heavy atom. The molecule has 3 aromatic heterocycles. The first-order chi connectivity index (χ1) is 14.2. The van der Waals surface area contributed by atoms with Gasteiger partial charge in [0, 0.05) is 23.0 Å². The molecule has 2 aromatic carbocycles. The van der Waals surface area contributed by atoms with E-state index in [2.05, 4.69) is 21.4 Å². The van der Waals surface area contributed by atoms with Gasteiger partial charge in [0.25, 0.3) is 5.56 Å². The van der Waals surface area contributed by atoms with E-state index < -0.39 is 0 Å². The summed E-state index contributed by atoms with van der Waals surface area (Å²) in [6, 6.07) is 21.3. The van der Waals surface area contributed by atoms with Crippen molar-refractivity contribution in [1.82, 2.24) is 14.5 Å². The maximum atomic E-state index is 13.4. The molecule has 5 nitrogen and oxygen atoms in total. The maximum absolute atomic E-state index is 13.4. The summed E-state index contributed by atoms with van der Waals surface area (Å²) in [6.07, 6.45) is 1.78. The first-order valence-electron chi connectivity index (χ1n) is 9.37. The van der Waals surface area contributed by atoms with Crippen molar-refractivity contribution in [3.63, 3.8) is 0 Å². The molecule has 5 rings (SSSR count). The molecule has 0 aliphatic heterocycles. The van der Waals surface area contributed by atoms with Crippen LogP contribution in [-0.2, 0) is 0 Å². The van der Waals surface area contributed by atoms with Crippen molar-refractivity contribution < 1.29 is 0 Å². The standard InChI is InChI=1S/C23H18N4OS/c1-15(26-22-21-20(11-12-24-22)29-14-25-21)19-13-16-7-5-6-10-18(16)23(28)27(19)17-8-3-2-4-9-17/h2-15H,1H3,(H,24,26)/t15-/m0/s1. The molecule has 0 saturated carbocycles. The van der Waals surface area contributed by atoms with Crippen molar-refractivity contribution in [2.45, 2.75) is 13.0 Å². The molecule has 0 saturated heterocycles. The van der Waals surface area contributed by atoms with Crippen molar-refractivity contribution in [1.29, 1.82) is 0 Å². The number of hydrogen-bond donors (Lipinski definition) is 1. The monoisotopic (exact) mass is 398 g/mol. The number of benzene rings is 2. The Bertz CT molecular complexity index is 1370. The number of anilines is 1. The highest BCUT2D eigenvalue weighted by Gasteiger charge is 2.17. The van der Waals surface area contributed by atoms with Crippen molar-refractivity contribution in [3.05, 3.63) is 94.5 Å². The molecule has 0 unspecified atom stereocenters. The highest BCUT2D eigenvalue weighted by Crippen LogP contribution is 2.28. The molecule has 0 amide bonds. The Morgan fingerprint density at radius 3 is 2.66 bits per heavy atom. The average Bonchev–Trinajstić information content (AvgIpc) is 3.24. The lowest BCUT2D eigenvalue weighted by atomic mass is 10.1. The maximum Gasteiger partial charge on any atom is 0.263 e. The minimum Gasteiger partial charge on any atom is -0.360 e. The zero-order chi connectivity index (χ0) is 19.8. The van der Waals surface area contributed by atoms with Crippen LogP contribution in [0.15, 0.2) is 83.2 Å². The second-order valence-corrected chi connectivity index (χ2v) is 7.74. The largest absolute Gasteiger partial charge is 0.360 e. The molecule has 0 bridgehead atoms. The van der Waals surface area contributed by atoms with Crippen LogP contribution in [0.3, 0.4) is 0 Å². The fraction of sp³-hybridized carbons (Fsp3) is 0.0870. The molecule has 29 heavy (non-hydrogen) atoms. The Labute approximate surface area is 171 Å². The molecule has 0 aliphatic carbocycles. The fourth-order valence-corrected chi connectivity index (χ4v) is 4.29. The summed E-state index contributed by atoms with van der Waals surface area (Å²) in [5, 5.41) is 5.09. The summed E-state index contributed by atoms with van der Waals surface area (Å²) in [6.45, 7) is 2.04. The molecule has 0 spiro atoms. The number of rotatable bonds is 4. The van der Waals surface area contributed by atoms with Crippen LogP contribution in [0.25, 0.3) is 26.7 Å². The molecule has 142 valence electrons. The van der Waals surface area contributed by atoms with Crippen LogP contribution in [0.1, 0.15) is 18.7 Å². The van der Waals surface area contributed by atoms with Crippen molar-refractivity contribution >= 4 is 38.1 Å². The minimum absolute atomic E-state index is 0.0298. The second kappa shape index (κ2) is 7.14. The molecule has 0 radical (unpaired) electrons. The van der Waals surface area contributed by atoms with Crippen LogP contribution >= 0.6 is 11.3 Å². The predicted molar refractivity (Wildman–Crippen MR) is 119 cm³/mol. The van der Waals surface area contributed by atoms with Gasteiger partial charge in [-0.25, -0.2) is 9.97 Å². The fourth-order valence-electron chi connectivity index (χ4n) is 3.62. The number of fused-ring (bicyclic) bond motifs is 2. The van der Waals surface area contributed by atoms with E-state index >= 15 is 0 Å². The molecule has 0 fully saturated rings. The summed E-state index contributed by atoms with van der Waals surface area (Å²) in [7, 11) is 0. The molecule has 0 aliphatic rings. The van der Waals surface area contributed by atoms with E-state index in [1.165, 1.54) is 0 Å². The first-order valence-corrected chi connectivity index (χ1v) is 10.3. The zero-order valence-electron chi connectivity index (χ0n) is 15.7. The summed E-state index contributed by atoms with van der Waals surface area (Å²) in [5.74, 6) is 0.719. The van der Waals surface area contributed by atoms with Crippen molar-refractivity contribution in [3.8, 4) is 5.69 Å². The lowest BCUT2D eigenvalue weighted by molar-refractivity contribution is 0.774. The van der Waals surface area contributed by atoms with E-state index in [0.717, 1.165) is 32.8 Å². The molecule has 3 heterocycles. The quantitative estimate of drug-likeness (QED) is 0.454. The lowest BCUT2D eigenvalue weighted by Gasteiger charge is -2.21.